The number of carbonyl (C=O) groups is 1. The molecule has 0 saturated heterocycles. The average Bonchev–Trinajstić information content (AvgIpc) is 2.79. The Bertz CT molecular complexity index is 785. The van der Waals surface area contributed by atoms with Crippen LogP contribution in [0.5, 0.6) is 0 Å². The van der Waals surface area contributed by atoms with Crippen LogP contribution in [0, 0.1) is 0 Å². The molecule has 0 aliphatic carbocycles. The molecule has 0 aliphatic rings. The van der Waals surface area contributed by atoms with E-state index < -0.39 is 0 Å². The molecule has 0 radical (unpaired) electrons. The fraction of sp³-hybridized carbons (Fsp3) is 0. The summed E-state index contributed by atoms with van der Waals surface area (Å²) in [4.78, 5) is 13.4. The standard InChI is InChI=1S/C13H9BrN4OS/c14-7-1-3-8(4-2-7)17-12(19)11-10(15)9-5-6-16-18-13(9)20-11/h1-6H,15H2,(H,17,19). The van der Waals surface area contributed by atoms with Gasteiger partial charge in [0.15, 0.2) is 0 Å². The SMILES string of the molecule is Nc1c(C(=O)Nc2ccc(Br)cc2)sc2nnccc12. The van der Waals surface area contributed by atoms with Gasteiger partial charge in [0.2, 0.25) is 0 Å². The molecule has 0 atom stereocenters. The lowest BCUT2D eigenvalue weighted by molar-refractivity contribution is 0.103. The van der Waals surface area contributed by atoms with Gasteiger partial charge < -0.3 is 11.1 Å². The Morgan fingerprint density at radius 3 is 2.70 bits per heavy atom. The first-order valence-electron chi connectivity index (χ1n) is 5.72. The normalized spacial score (nSPS) is 10.7. The van der Waals surface area contributed by atoms with Gasteiger partial charge in [-0.15, -0.1) is 16.4 Å². The molecule has 0 fully saturated rings. The van der Waals surface area contributed by atoms with Gasteiger partial charge in [-0.3, -0.25) is 4.79 Å². The second kappa shape index (κ2) is 5.18. The largest absolute Gasteiger partial charge is 0.397 e. The molecule has 100 valence electrons. The topological polar surface area (TPSA) is 80.9 Å². The van der Waals surface area contributed by atoms with E-state index in [2.05, 4.69) is 31.4 Å². The van der Waals surface area contributed by atoms with Crippen LogP contribution in [0.2, 0.25) is 0 Å². The van der Waals surface area contributed by atoms with E-state index in [1.165, 1.54) is 11.3 Å². The number of rotatable bonds is 2. The molecule has 1 amide bonds. The molecule has 0 spiro atoms. The highest BCUT2D eigenvalue weighted by atomic mass is 79.9. The highest BCUT2D eigenvalue weighted by Crippen LogP contribution is 2.32. The van der Waals surface area contributed by atoms with Crippen molar-refractivity contribution < 1.29 is 4.79 Å². The van der Waals surface area contributed by atoms with Crippen molar-refractivity contribution in [2.45, 2.75) is 0 Å². The third-order valence-corrected chi connectivity index (χ3v) is 4.36. The van der Waals surface area contributed by atoms with Crippen LogP contribution in [0.25, 0.3) is 10.2 Å². The summed E-state index contributed by atoms with van der Waals surface area (Å²) >= 11 is 4.58. The van der Waals surface area contributed by atoms with Crippen molar-refractivity contribution in [2.75, 3.05) is 11.1 Å². The number of nitrogens with one attached hydrogen (secondary N) is 1. The van der Waals surface area contributed by atoms with Gasteiger partial charge in [-0.2, -0.15) is 5.10 Å². The number of nitrogen functional groups attached to an aromatic ring is 1. The summed E-state index contributed by atoms with van der Waals surface area (Å²) in [5.41, 5.74) is 7.14. The van der Waals surface area contributed by atoms with Gasteiger partial charge in [0.25, 0.3) is 5.91 Å². The van der Waals surface area contributed by atoms with E-state index in [4.69, 9.17) is 5.73 Å². The second-order valence-electron chi connectivity index (χ2n) is 4.06. The Hall–Kier alpha value is -1.99. The van der Waals surface area contributed by atoms with Gasteiger partial charge in [0.05, 0.1) is 11.9 Å². The number of aromatic nitrogens is 2. The quantitative estimate of drug-likeness (QED) is 0.744. The lowest BCUT2D eigenvalue weighted by Crippen LogP contribution is -2.11. The number of nitrogens with two attached hydrogens (primary N) is 1. The fourth-order valence-electron chi connectivity index (χ4n) is 1.76. The van der Waals surface area contributed by atoms with Crippen molar-refractivity contribution in [3.63, 3.8) is 0 Å². The number of hydrogen-bond acceptors (Lipinski definition) is 5. The molecular formula is C13H9BrN4OS. The molecule has 0 bridgehead atoms. The Kier molecular flexibility index (Phi) is 3.37. The third-order valence-electron chi connectivity index (χ3n) is 2.73. The minimum atomic E-state index is -0.243. The third kappa shape index (κ3) is 2.37. The highest BCUT2D eigenvalue weighted by molar-refractivity contribution is 9.10. The van der Waals surface area contributed by atoms with Crippen LogP contribution >= 0.6 is 27.3 Å². The maximum Gasteiger partial charge on any atom is 0.267 e. The summed E-state index contributed by atoms with van der Waals surface area (Å²) in [5, 5.41) is 11.3. The zero-order valence-corrected chi connectivity index (χ0v) is 12.5. The number of carbonyl (C=O) groups excluding carboxylic acids is 1. The average molecular weight is 349 g/mol. The number of thiophene rings is 1. The summed E-state index contributed by atoms with van der Waals surface area (Å²) in [6.45, 7) is 0. The molecule has 2 aromatic heterocycles. The number of fused-ring (bicyclic) bond motifs is 1. The van der Waals surface area contributed by atoms with E-state index in [0.717, 1.165) is 9.86 Å². The van der Waals surface area contributed by atoms with E-state index >= 15 is 0 Å². The van der Waals surface area contributed by atoms with Gasteiger partial charge in [0, 0.05) is 15.5 Å². The number of nitrogens with zero attached hydrogens (tertiary/aromatic N) is 2. The monoisotopic (exact) mass is 348 g/mol. The first-order chi connectivity index (χ1) is 9.65. The summed E-state index contributed by atoms with van der Waals surface area (Å²) in [6, 6.07) is 9.09. The Balaban J connectivity index is 1.92. The molecule has 2 heterocycles. The summed E-state index contributed by atoms with van der Waals surface area (Å²) in [5.74, 6) is -0.243. The molecule has 3 rings (SSSR count). The molecule has 7 heteroatoms. The van der Waals surface area contributed by atoms with Crippen molar-refractivity contribution in [2.24, 2.45) is 0 Å². The molecule has 0 aliphatic heterocycles. The maximum absolute atomic E-state index is 12.2. The predicted molar refractivity (Wildman–Crippen MR) is 83.9 cm³/mol. The summed E-state index contributed by atoms with van der Waals surface area (Å²) in [6.07, 6.45) is 1.56. The van der Waals surface area contributed by atoms with Crippen molar-refractivity contribution >= 4 is 54.8 Å². The first-order valence-corrected chi connectivity index (χ1v) is 7.32. The number of hydrogen-bond donors (Lipinski definition) is 2. The Morgan fingerprint density at radius 1 is 1.25 bits per heavy atom. The first kappa shape index (κ1) is 13.0. The zero-order chi connectivity index (χ0) is 14.1. The molecule has 3 N–H and O–H groups in total. The van der Waals surface area contributed by atoms with E-state index in [0.29, 0.717) is 21.1 Å². The van der Waals surface area contributed by atoms with Crippen molar-refractivity contribution in [1.29, 1.82) is 0 Å². The van der Waals surface area contributed by atoms with Gasteiger partial charge in [-0.05, 0) is 30.3 Å². The minimum Gasteiger partial charge on any atom is -0.397 e. The van der Waals surface area contributed by atoms with Crippen LogP contribution < -0.4 is 11.1 Å². The van der Waals surface area contributed by atoms with Crippen molar-refractivity contribution in [1.82, 2.24) is 10.2 Å². The molecule has 0 saturated carbocycles. The lowest BCUT2D eigenvalue weighted by Gasteiger charge is -2.04. The highest BCUT2D eigenvalue weighted by Gasteiger charge is 2.17. The van der Waals surface area contributed by atoms with Crippen molar-refractivity contribution in [3.8, 4) is 0 Å². The minimum absolute atomic E-state index is 0.243. The maximum atomic E-state index is 12.2. The van der Waals surface area contributed by atoms with E-state index in [1.807, 2.05) is 24.3 Å². The Labute approximate surface area is 127 Å². The van der Waals surface area contributed by atoms with E-state index in [-0.39, 0.29) is 5.91 Å². The summed E-state index contributed by atoms with van der Waals surface area (Å²) < 4.78 is 0.951. The van der Waals surface area contributed by atoms with Gasteiger partial charge in [0.1, 0.15) is 9.71 Å². The van der Waals surface area contributed by atoms with Crippen LogP contribution in [0.1, 0.15) is 9.67 Å². The molecule has 3 aromatic rings. The van der Waals surface area contributed by atoms with Crippen LogP contribution in [0.3, 0.4) is 0 Å². The van der Waals surface area contributed by atoms with Crippen LogP contribution in [-0.2, 0) is 0 Å². The number of benzene rings is 1. The molecular weight excluding hydrogens is 340 g/mol. The summed E-state index contributed by atoms with van der Waals surface area (Å²) in [7, 11) is 0. The molecule has 1 aromatic carbocycles. The molecule has 0 unspecified atom stereocenters. The van der Waals surface area contributed by atoms with Crippen LogP contribution in [0.4, 0.5) is 11.4 Å². The van der Waals surface area contributed by atoms with E-state index in [9.17, 15) is 4.79 Å². The predicted octanol–water partition coefficient (Wildman–Crippen LogP) is 3.29. The lowest BCUT2D eigenvalue weighted by atomic mass is 10.2. The fourth-order valence-corrected chi connectivity index (χ4v) is 2.96. The van der Waals surface area contributed by atoms with E-state index in [1.54, 1.807) is 12.3 Å². The van der Waals surface area contributed by atoms with Crippen molar-refractivity contribution in [3.05, 3.63) is 45.9 Å². The number of anilines is 2. The zero-order valence-electron chi connectivity index (χ0n) is 10.1. The van der Waals surface area contributed by atoms with Crippen LogP contribution in [0.15, 0.2) is 41.0 Å². The smallest absolute Gasteiger partial charge is 0.267 e. The Morgan fingerprint density at radius 2 is 2.00 bits per heavy atom. The second-order valence-corrected chi connectivity index (χ2v) is 5.97. The number of amides is 1. The van der Waals surface area contributed by atoms with Gasteiger partial charge >= 0.3 is 0 Å². The molecule has 20 heavy (non-hydrogen) atoms. The van der Waals surface area contributed by atoms with Gasteiger partial charge in [-0.1, -0.05) is 15.9 Å². The van der Waals surface area contributed by atoms with Crippen LogP contribution in [-0.4, -0.2) is 16.1 Å². The van der Waals surface area contributed by atoms with Gasteiger partial charge in [-0.25, -0.2) is 0 Å². The molecule has 5 nitrogen and oxygen atoms in total. The number of halogens is 1.